The van der Waals surface area contributed by atoms with Crippen LogP contribution in [0.2, 0.25) is 0 Å². The van der Waals surface area contributed by atoms with E-state index in [4.69, 9.17) is 14.5 Å². The number of hydrogen-bond acceptors (Lipinski definition) is 15. The lowest BCUT2D eigenvalue weighted by Gasteiger charge is -2.53. The van der Waals surface area contributed by atoms with E-state index in [0.717, 1.165) is 42.4 Å². The van der Waals surface area contributed by atoms with Crippen molar-refractivity contribution in [3.8, 4) is 5.75 Å². The van der Waals surface area contributed by atoms with E-state index in [-0.39, 0.29) is 61.0 Å². The summed E-state index contributed by atoms with van der Waals surface area (Å²) in [6, 6.07) is 13.9. The van der Waals surface area contributed by atoms with Gasteiger partial charge < -0.3 is 50.5 Å². The summed E-state index contributed by atoms with van der Waals surface area (Å²) < 4.78 is 12.4. The van der Waals surface area contributed by atoms with Crippen LogP contribution in [-0.2, 0) is 29.6 Å². The zero-order valence-corrected chi connectivity index (χ0v) is 35.2. The van der Waals surface area contributed by atoms with Crippen molar-refractivity contribution in [2.45, 2.75) is 105 Å². The summed E-state index contributed by atoms with van der Waals surface area (Å²) in [6.07, 6.45) is 3.32. The van der Waals surface area contributed by atoms with Crippen LogP contribution in [0.5, 0.6) is 5.75 Å². The summed E-state index contributed by atoms with van der Waals surface area (Å²) in [6.45, 7) is -1.06. The maximum atomic E-state index is 15.7. The number of hydrogen-bond donors (Lipinski definition) is 8. The van der Waals surface area contributed by atoms with Crippen molar-refractivity contribution in [2.75, 3.05) is 24.4 Å². The van der Waals surface area contributed by atoms with Gasteiger partial charge in [0.05, 0.1) is 30.6 Å². The highest BCUT2D eigenvalue weighted by atomic mass is 33.1. The molecule has 324 valence electrons. The van der Waals surface area contributed by atoms with Crippen LogP contribution in [-0.4, -0.2) is 107 Å². The second-order valence-electron chi connectivity index (χ2n) is 17.4. The number of benzene rings is 2. The third kappa shape index (κ3) is 6.95. The average molecular weight is 873 g/mol. The third-order valence-corrected chi connectivity index (χ3v) is 16.9. The minimum Gasteiger partial charge on any atom is -0.511 e. The molecule has 9 rings (SSSR count). The highest BCUT2D eigenvalue weighted by Gasteiger charge is 2.64. The molecule has 8 N–H and O–H groups in total. The second-order valence-corrected chi connectivity index (χ2v) is 20.0. The van der Waals surface area contributed by atoms with Gasteiger partial charge in [-0.2, -0.15) is 0 Å². The van der Waals surface area contributed by atoms with Gasteiger partial charge in [-0.1, -0.05) is 70.5 Å². The maximum absolute atomic E-state index is 15.7. The number of allylic oxidation sites excluding steroid dienone is 4. The molecule has 1 saturated carbocycles. The number of carbonyl (C=O) groups excluding carboxylic acids is 2. The van der Waals surface area contributed by atoms with Gasteiger partial charge in [0, 0.05) is 29.0 Å². The lowest BCUT2D eigenvalue weighted by Crippen LogP contribution is -2.70. The molecule has 2 aromatic carbocycles. The zero-order chi connectivity index (χ0) is 42.7. The van der Waals surface area contributed by atoms with E-state index < -0.39 is 70.4 Å². The molecule has 6 aliphatic rings. The van der Waals surface area contributed by atoms with Crippen molar-refractivity contribution in [1.82, 2.24) is 4.98 Å². The van der Waals surface area contributed by atoms with Crippen LogP contribution in [0.4, 0.5) is 5.82 Å². The molecule has 2 spiro atoms. The fourth-order valence-electron chi connectivity index (χ4n) is 11.3. The Morgan fingerprint density at radius 2 is 1.82 bits per heavy atom. The molecule has 61 heavy (non-hydrogen) atoms. The molecule has 3 aromatic rings. The fourth-order valence-corrected chi connectivity index (χ4v) is 14.2. The van der Waals surface area contributed by atoms with E-state index >= 15 is 9.59 Å². The molecule has 0 amide bonds. The summed E-state index contributed by atoms with van der Waals surface area (Å²) in [5.74, 6) is -1.61. The van der Waals surface area contributed by atoms with Crippen molar-refractivity contribution < 1.29 is 54.8 Å². The van der Waals surface area contributed by atoms with Gasteiger partial charge in [-0.15, -0.1) is 0 Å². The van der Waals surface area contributed by atoms with Crippen LogP contribution in [0.15, 0.2) is 78.2 Å². The van der Waals surface area contributed by atoms with Gasteiger partial charge >= 0.3 is 0 Å². The maximum Gasteiger partial charge on any atom is 0.229 e. The Morgan fingerprint density at radius 3 is 2.62 bits per heavy atom. The van der Waals surface area contributed by atoms with Gasteiger partial charge in [-0.05, 0) is 103 Å². The molecular weight excluding hydrogens is 821 g/mol. The van der Waals surface area contributed by atoms with Gasteiger partial charge in [0.2, 0.25) is 6.29 Å². The van der Waals surface area contributed by atoms with Crippen LogP contribution < -0.4 is 10.1 Å². The first-order valence-electron chi connectivity index (χ1n) is 21.1. The molecule has 0 unspecified atom stereocenters. The van der Waals surface area contributed by atoms with Gasteiger partial charge in [0.1, 0.15) is 46.7 Å². The minimum atomic E-state index is -2.25. The lowest BCUT2D eigenvalue weighted by atomic mass is 9.57. The highest BCUT2D eigenvalue weighted by Crippen LogP contribution is 2.59. The van der Waals surface area contributed by atoms with Crippen molar-refractivity contribution in [2.24, 2.45) is 17.3 Å². The molecule has 3 heterocycles. The number of rotatable bonds is 7. The van der Waals surface area contributed by atoms with E-state index in [1.807, 2.05) is 30.5 Å². The van der Waals surface area contributed by atoms with Crippen molar-refractivity contribution >= 4 is 39.0 Å². The van der Waals surface area contributed by atoms with Gasteiger partial charge in [0.15, 0.2) is 11.6 Å². The standard InChI is InChI=1S/C46H52N2O11S2/c49-14-4-10-36-46-32(17-27(18-35(46)52)16-25-5-1-6-26(15-25)21-50)39(53)30-8-2-9-33(38(30)41(46)55)58-43-42(56)45(57,40(54)34(22-51)59-43)23-44-13-3-7-29(44)12-11-28-20-47-37(19-31(28)44)48-24-60-61-36/h1-2,5-6,8-9,15,17-20,29,32,34,36,40,42-43,49-52,54,56-57H,3-4,7,10-14,16,21-24H2,(H,47,48)/t29-,32-,34-,36+,40-,42+,43-,44-,45+,46+/m1/s1. The summed E-state index contributed by atoms with van der Waals surface area (Å²) in [5, 5.41) is 82.3. The van der Waals surface area contributed by atoms with Gasteiger partial charge in [-0.25, -0.2) is 4.98 Å². The number of nitrogens with zero attached hydrogens (tertiary/aromatic N) is 1. The minimum absolute atomic E-state index is 0.0385. The number of carbonyl (C=O) groups is 2. The first-order valence-corrected chi connectivity index (χ1v) is 23.5. The Kier molecular flexibility index (Phi) is 11.7. The molecular formula is C46H52N2O11S2. The van der Waals surface area contributed by atoms with Crippen LogP contribution >= 0.6 is 21.6 Å². The number of aliphatic hydroxyl groups excluding tert-OH is 6. The van der Waals surface area contributed by atoms with E-state index in [1.165, 1.54) is 39.8 Å². The second kappa shape index (κ2) is 16.7. The third-order valence-electron chi connectivity index (χ3n) is 14.2. The number of anilines is 1. The number of aryl methyl sites for hydroxylation is 1. The highest BCUT2D eigenvalue weighted by molar-refractivity contribution is 8.77. The zero-order valence-electron chi connectivity index (χ0n) is 33.6. The Hall–Kier alpha value is -3.77. The normalized spacial score (nSPS) is 34.4. The molecule has 15 heteroatoms. The van der Waals surface area contributed by atoms with Crippen LogP contribution in [0.1, 0.15) is 87.9 Å². The van der Waals surface area contributed by atoms with Crippen molar-refractivity contribution in [1.29, 1.82) is 0 Å². The molecule has 2 fully saturated rings. The van der Waals surface area contributed by atoms with Crippen LogP contribution in [0.3, 0.4) is 0 Å². The number of Topliss-reactive ketones (excluding diaryl/α,β-unsaturated/α-hetero) is 2. The fraction of sp³-hybridized carbons (Fsp3) is 0.500. The van der Waals surface area contributed by atoms with Gasteiger partial charge in [0.25, 0.3) is 0 Å². The first kappa shape index (κ1) is 42.5. The summed E-state index contributed by atoms with van der Waals surface area (Å²) in [4.78, 5) is 35.4. The Bertz CT molecular complexity index is 2270. The number of nitrogens with one attached hydrogen (secondary N) is 1. The Balaban J connectivity index is 1.20. The number of ketones is 2. The van der Waals surface area contributed by atoms with Crippen molar-refractivity contribution in [3.05, 3.63) is 112 Å². The molecule has 13 nitrogen and oxygen atoms in total. The van der Waals surface area contributed by atoms with Crippen LogP contribution in [0.25, 0.3) is 0 Å². The SMILES string of the molecule is O=C1c2cccc3c2C(=O)[C@@]2(C(O)=CC(Cc4cccc(CO)c4)=C[C@H]12)[C@H](CCCO)SSCNc1cc2c(cn1)CC[C@H]1CCC[C@]21C[C@]1(O)[C@H](O)[C@@H](CO)O[C@@H](O3)[C@@H]1O. The molecule has 4 aliphatic carbocycles. The van der Waals surface area contributed by atoms with E-state index in [1.54, 1.807) is 18.2 Å². The molecule has 6 bridgehead atoms. The number of aromatic nitrogens is 1. The number of fused-ring (bicyclic) bond motifs is 3. The van der Waals surface area contributed by atoms with E-state index in [2.05, 4.69) is 5.32 Å². The average Bonchev–Trinajstić information content (AvgIpc) is 3.69. The predicted molar refractivity (Wildman–Crippen MR) is 229 cm³/mol. The lowest BCUT2D eigenvalue weighted by molar-refractivity contribution is -0.319. The van der Waals surface area contributed by atoms with E-state index in [0.29, 0.717) is 35.7 Å². The van der Waals surface area contributed by atoms with Crippen LogP contribution in [0, 0.1) is 17.3 Å². The summed E-state index contributed by atoms with van der Waals surface area (Å²) in [5.41, 5.74) is -0.680. The summed E-state index contributed by atoms with van der Waals surface area (Å²) in [7, 11) is 2.75. The molecule has 1 saturated heterocycles. The van der Waals surface area contributed by atoms with Gasteiger partial charge in [-0.3, -0.25) is 9.59 Å². The number of ether oxygens (including phenoxy) is 2. The first-order chi connectivity index (χ1) is 29.5. The molecule has 10 atom stereocenters. The topological polar surface area (TPSA) is 219 Å². The Morgan fingerprint density at radius 1 is 1.00 bits per heavy atom. The number of pyridine rings is 1. The molecule has 0 radical (unpaired) electrons. The smallest absolute Gasteiger partial charge is 0.229 e. The molecule has 1 aromatic heterocycles. The Labute approximate surface area is 361 Å². The quantitative estimate of drug-likeness (QED) is 0.151. The predicted octanol–water partition coefficient (Wildman–Crippen LogP) is 4.71. The largest absolute Gasteiger partial charge is 0.511 e. The van der Waals surface area contributed by atoms with Crippen molar-refractivity contribution in [3.63, 3.8) is 0 Å². The molecule has 2 aliphatic heterocycles. The van der Waals surface area contributed by atoms with E-state index in [9.17, 15) is 35.7 Å². The number of aliphatic hydroxyl groups is 7. The monoisotopic (exact) mass is 872 g/mol. The summed E-state index contributed by atoms with van der Waals surface area (Å²) >= 11 is 0.